The summed E-state index contributed by atoms with van der Waals surface area (Å²) < 4.78 is 9.93. The highest BCUT2D eigenvalue weighted by molar-refractivity contribution is 5.79. The summed E-state index contributed by atoms with van der Waals surface area (Å²) in [6.45, 7) is 6.75. The molecule has 1 rings (SSSR count). The molecule has 0 saturated heterocycles. The Hall–Kier alpha value is -1.55. The van der Waals surface area contributed by atoms with Crippen molar-refractivity contribution in [2.75, 3.05) is 25.6 Å². The lowest BCUT2D eigenvalue weighted by Gasteiger charge is -2.18. The topological polar surface area (TPSA) is 47.6 Å². The first-order chi connectivity index (χ1) is 9.06. The van der Waals surface area contributed by atoms with Gasteiger partial charge in [-0.2, -0.15) is 0 Å². The van der Waals surface area contributed by atoms with Gasteiger partial charge in [-0.25, -0.2) is 4.79 Å². The molecule has 0 radical (unpaired) electrons. The lowest BCUT2D eigenvalue weighted by molar-refractivity contribution is -0.145. The summed E-state index contributed by atoms with van der Waals surface area (Å²) in [4.78, 5) is 11.8. The molecule has 0 aliphatic heterocycles. The molecule has 1 aromatic rings. The van der Waals surface area contributed by atoms with E-state index in [1.807, 2.05) is 18.2 Å². The van der Waals surface area contributed by atoms with Crippen LogP contribution in [0.4, 0.5) is 5.69 Å². The van der Waals surface area contributed by atoms with Crippen LogP contribution in [0.15, 0.2) is 24.3 Å². The number of ether oxygens (including phenoxy) is 2. The van der Waals surface area contributed by atoms with Gasteiger partial charge in [0.1, 0.15) is 12.6 Å². The molecule has 0 spiro atoms. The number of hydrogen-bond acceptors (Lipinski definition) is 4. The number of anilines is 1. The molecule has 19 heavy (non-hydrogen) atoms. The maximum absolute atomic E-state index is 11.8. The van der Waals surface area contributed by atoms with Crippen LogP contribution in [-0.2, 0) is 14.3 Å². The van der Waals surface area contributed by atoms with Crippen LogP contribution in [0.1, 0.15) is 32.3 Å². The monoisotopic (exact) mass is 265 g/mol. The van der Waals surface area contributed by atoms with Crippen molar-refractivity contribution in [3.63, 3.8) is 0 Å². The van der Waals surface area contributed by atoms with E-state index in [0.29, 0.717) is 12.5 Å². The molecule has 4 heteroatoms. The number of para-hydroxylation sites is 1. The van der Waals surface area contributed by atoms with Gasteiger partial charge < -0.3 is 14.8 Å². The molecule has 0 unspecified atom stereocenters. The lowest BCUT2D eigenvalue weighted by atomic mass is 10.0. The molecular weight excluding hydrogens is 242 g/mol. The van der Waals surface area contributed by atoms with Crippen molar-refractivity contribution >= 4 is 11.7 Å². The zero-order valence-electron chi connectivity index (χ0n) is 12.1. The second kappa shape index (κ2) is 7.79. The number of carbonyl (C=O) groups is 1. The van der Waals surface area contributed by atoms with E-state index >= 15 is 0 Å². The molecular formula is C15H23NO3. The van der Waals surface area contributed by atoms with E-state index in [1.165, 1.54) is 5.56 Å². The summed E-state index contributed by atoms with van der Waals surface area (Å²) in [6.07, 6.45) is 0. The molecule has 0 aromatic heterocycles. The highest BCUT2D eigenvalue weighted by Crippen LogP contribution is 2.24. The van der Waals surface area contributed by atoms with E-state index < -0.39 is 0 Å². The minimum atomic E-state index is -0.378. The highest BCUT2D eigenvalue weighted by atomic mass is 16.6. The van der Waals surface area contributed by atoms with Gasteiger partial charge in [0.25, 0.3) is 0 Å². The molecule has 0 aliphatic carbocycles. The van der Waals surface area contributed by atoms with Crippen molar-refractivity contribution in [1.82, 2.24) is 0 Å². The first kappa shape index (κ1) is 15.5. The van der Waals surface area contributed by atoms with E-state index in [9.17, 15) is 4.79 Å². The maximum Gasteiger partial charge on any atom is 0.328 e. The zero-order chi connectivity index (χ0) is 14.3. The number of nitrogens with one attached hydrogen (secondary N) is 1. The maximum atomic E-state index is 11.8. The van der Waals surface area contributed by atoms with Gasteiger partial charge in [0, 0.05) is 12.8 Å². The van der Waals surface area contributed by atoms with Gasteiger partial charge in [0.05, 0.1) is 6.61 Å². The Morgan fingerprint density at radius 2 is 1.89 bits per heavy atom. The summed E-state index contributed by atoms with van der Waals surface area (Å²) in [5, 5.41) is 3.20. The quantitative estimate of drug-likeness (QED) is 0.608. The smallest absolute Gasteiger partial charge is 0.328 e. The third-order valence-corrected chi connectivity index (χ3v) is 2.84. The van der Waals surface area contributed by atoms with Crippen LogP contribution in [0.2, 0.25) is 0 Å². The number of esters is 1. The molecule has 0 fully saturated rings. The molecule has 4 nitrogen and oxygen atoms in total. The van der Waals surface area contributed by atoms with Crippen LogP contribution in [0.25, 0.3) is 0 Å². The minimum Gasteiger partial charge on any atom is -0.462 e. The molecule has 0 bridgehead atoms. The van der Waals surface area contributed by atoms with E-state index in [0.717, 1.165) is 5.69 Å². The van der Waals surface area contributed by atoms with Crippen LogP contribution >= 0.6 is 0 Å². The Balaban J connectivity index is 2.61. The fraction of sp³-hybridized carbons (Fsp3) is 0.533. The van der Waals surface area contributed by atoms with Crippen LogP contribution < -0.4 is 5.32 Å². The van der Waals surface area contributed by atoms with Crippen molar-refractivity contribution in [3.8, 4) is 0 Å². The summed E-state index contributed by atoms with van der Waals surface area (Å²) >= 11 is 0. The predicted octanol–water partition coefficient (Wildman–Crippen LogP) is 2.80. The molecule has 0 heterocycles. The number of benzene rings is 1. The van der Waals surface area contributed by atoms with Crippen LogP contribution in [0.3, 0.4) is 0 Å². The summed E-state index contributed by atoms with van der Waals surface area (Å²) in [6, 6.07) is 7.63. The molecule has 1 atom stereocenters. The molecule has 1 N–H and O–H groups in total. The second-order valence-corrected chi connectivity index (χ2v) is 4.77. The predicted molar refractivity (Wildman–Crippen MR) is 76.5 cm³/mol. The van der Waals surface area contributed by atoms with Crippen molar-refractivity contribution in [2.24, 2.45) is 0 Å². The molecule has 0 saturated carbocycles. The van der Waals surface area contributed by atoms with Gasteiger partial charge in [0.15, 0.2) is 0 Å². The Labute approximate surface area is 115 Å². The Bertz CT molecular complexity index is 404. The van der Waals surface area contributed by atoms with Gasteiger partial charge in [-0.15, -0.1) is 0 Å². The Morgan fingerprint density at radius 3 is 2.53 bits per heavy atom. The molecule has 0 amide bonds. The molecule has 1 aromatic carbocycles. The Morgan fingerprint density at radius 1 is 1.21 bits per heavy atom. The summed E-state index contributed by atoms with van der Waals surface area (Å²) in [7, 11) is 1.58. The zero-order valence-corrected chi connectivity index (χ0v) is 12.1. The van der Waals surface area contributed by atoms with Crippen LogP contribution in [0.5, 0.6) is 0 Å². The fourth-order valence-electron chi connectivity index (χ4n) is 1.77. The van der Waals surface area contributed by atoms with E-state index in [2.05, 4.69) is 25.2 Å². The standard InChI is InChI=1S/C15H23NO3/c1-11(2)13-7-5-6-8-14(13)16-12(3)15(17)19-10-9-18-4/h5-8,11-12,16H,9-10H2,1-4H3/t12-/m0/s1. The molecule has 106 valence electrons. The number of carbonyl (C=O) groups excluding carboxylic acids is 1. The minimum absolute atomic E-state index is 0.268. The SMILES string of the molecule is COCCOC(=O)[C@H](C)Nc1ccccc1C(C)C. The third-order valence-electron chi connectivity index (χ3n) is 2.84. The van der Waals surface area contributed by atoms with E-state index in [1.54, 1.807) is 14.0 Å². The van der Waals surface area contributed by atoms with Crippen molar-refractivity contribution in [3.05, 3.63) is 29.8 Å². The van der Waals surface area contributed by atoms with Gasteiger partial charge in [-0.3, -0.25) is 0 Å². The summed E-state index contributed by atoms with van der Waals surface area (Å²) in [5.41, 5.74) is 2.17. The van der Waals surface area contributed by atoms with Crippen molar-refractivity contribution in [2.45, 2.75) is 32.7 Å². The number of methoxy groups -OCH3 is 1. The van der Waals surface area contributed by atoms with Crippen molar-refractivity contribution < 1.29 is 14.3 Å². The van der Waals surface area contributed by atoms with E-state index in [-0.39, 0.29) is 18.6 Å². The van der Waals surface area contributed by atoms with Gasteiger partial charge >= 0.3 is 5.97 Å². The normalized spacial score (nSPS) is 12.3. The van der Waals surface area contributed by atoms with Gasteiger partial charge in [-0.05, 0) is 24.5 Å². The second-order valence-electron chi connectivity index (χ2n) is 4.77. The first-order valence-electron chi connectivity index (χ1n) is 6.57. The lowest BCUT2D eigenvalue weighted by Crippen LogP contribution is -2.29. The highest BCUT2D eigenvalue weighted by Gasteiger charge is 2.16. The van der Waals surface area contributed by atoms with E-state index in [4.69, 9.17) is 9.47 Å². The largest absolute Gasteiger partial charge is 0.462 e. The number of hydrogen-bond donors (Lipinski definition) is 1. The average molecular weight is 265 g/mol. The van der Waals surface area contributed by atoms with Gasteiger partial charge in [0.2, 0.25) is 0 Å². The van der Waals surface area contributed by atoms with Crippen LogP contribution in [0, 0.1) is 0 Å². The third kappa shape index (κ3) is 4.91. The fourth-order valence-corrected chi connectivity index (χ4v) is 1.77. The van der Waals surface area contributed by atoms with Crippen LogP contribution in [-0.4, -0.2) is 32.3 Å². The molecule has 0 aliphatic rings. The first-order valence-corrected chi connectivity index (χ1v) is 6.57. The van der Waals surface area contributed by atoms with Gasteiger partial charge in [-0.1, -0.05) is 32.0 Å². The number of rotatable bonds is 7. The van der Waals surface area contributed by atoms with Crippen molar-refractivity contribution in [1.29, 1.82) is 0 Å². The average Bonchev–Trinajstić information content (AvgIpc) is 2.39. The Kier molecular flexibility index (Phi) is 6.36. The summed E-state index contributed by atoms with van der Waals surface area (Å²) in [5.74, 6) is 0.135.